The number of carbonyl (C=O) groups is 3. The summed E-state index contributed by atoms with van der Waals surface area (Å²) in [5.41, 5.74) is 2.03. The first-order valence-electron chi connectivity index (χ1n) is 7.90. The number of benzene rings is 1. The van der Waals surface area contributed by atoms with Crippen molar-refractivity contribution in [1.29, 1.82) is 0 Å². The quantitative estimate of drug-likeness (QED) is 0.354. The number of nitrogens with one attached hydrogen (secondary N) is 2. The summed E-state index contributed by atoms with van der Waals surface area (Å²) in [4.78, 5) is 35.5. The number of amidine groups is 1. The number of thioether (sulfide) groups is 1. The van der Waals surface area contributed by atoms with Gasteiger partial charge in [-0.15, -0.1) is 5.10 Å². The second kappa shape index (κ2) is 8.61. The van der Waals surface area contributed by atoms with Gasteiger partial charge in [0.05, 0.1) is 5.69 Å². The molecule has 26 heavy (non-hydrogen) atoms. The van der Waals surface area contributed by atoms with E-state index in [1.165, 1.54) is 6.92 Å². The largest absolute Gasteiger partial charge is 0.424 e. The fourth-order valence-corrected chi connectivity index (χ4v) is 3.00. The first-order valence-corrected chi connectivity index (χ1v) is 8.78. The Bertz CT molecular complexity index is 800. The zero-order chi connectivity index (χ0) is 19.3. The first-order chi connectivity index (χ1) is 12.2. The van der Waals surface area contributed by atoms with Gasteiger partial charge in [-0.3, -0.25) is 14.4 Å². The monoisotopic (exact) mass is 376 g/mol. The van der Waals surface area contributed by atoms with Crippen LogP contribution in [-0.4, -0.2) is 33.9 Å². The summed E-state index contributed by atoms with van der Waals surface area (Å²) in [6, 6.07) is 5.08. The minimum atomic E-state index is -0.594. The van der Waals surface area contributed by atoms with Crippen molar-refractivity contribution in [3.8, 4) is 5.75 Å². The molecule has 2 N–H and O–H groups in total. The molecule has 1 aromatic carbocycles. The first kappa shape index (κ1) is 19.6. The SMILES string of the molecule is CC(=O)Oc1ccc(C)cc1NC(=O)C[C@H]1S/C(=N/N=C(C)C)NC1=O. The molecule has 0 spiro atoms. The molecule has 1 heterocycles. The van der Waals surface area contributed by atoms with Crippen LogP contribution < -0.4 is 15.4 Å². The third-order valence-electron chi connectivity index (χ3n) is 3.15. The fraction of sp³-hybridized carbons (Fsp3) is 0.353. The van der Waals surface area contributed by atoms with Crippen LogP contribution in [0.25, 0.3) is 0 Å². The Morgan fingerprint density at radius 2 is 2.04 bits per heavy atom. The number of aryl methyl sites for hydroxylation is 1. The Hall–Kier alpha value is -2.68. The molecule has 0 bridgehead atoms. The average Bonchev–Trinajstić information content (AvgIpc) is 2.87. The number of nitrogens with zero attached hydrogens (tertiary/aromatic N) is 2. The lowest BCUT2D eigenvalue weighted by Gasteiger charge is -2.12. The predicted molar refractivity (Wildman–Crippen MR) is 101 cm³/mol. The lowest BCUT2D eigenvalue weighted by atomic mass is 10.2. The fourth-order valence-electron chi connectivity index (χ4n) is 2.09. The van der Waals surface area contributed by atoms with E-state index in [2.05, 4.69) is 20.8 Å². The highest BCUT2D eigenvalue weighted by atomic mass is 32.2. The summed E-state index contributed by atoms with van der Waals surface area (Å²) in [7, 11) is 0. The van der Waals surface area contributed by atoms with Crippen molar-refractivity contribution in [3.63, 3.8) is 0 Å². The van der Waals surface area contributed by atoms with E-state index < -0.39 is 11.2 Å². The molecule has 0 aromatic heterocycles. The Labute approximate surface area is 155 Å². The van der Waals surface area contributed by atoms with Gasteiger partial charge < -0.3 is 15.4 Å². The van der Waals surface area contributed by atoms with E-state index in [1.54, 1.807) is 32.0 Å². The van der Waals surface area contributed by atoms with Gasteiger partial charge in [0, 0.05) is 19.1 Å². The minimum absolute atomic E-state index is 0.0439. The standard InChI is InChI=1S/C17H20N4O4S/c1-9(2)20-21-17-19-16(24)14(26-17)8-15(23)18-12-7-10(3)5-6-13(12)25-11(4)22/h5-7,14H,8H2,1-4H3,(H,18,23)(H,19,21,24)/t14-/m1/s1. The number of carbonyl (C=O) groups excluding carboxylic acids is 3. The van der Waals surface area contributed by atoms with Crippen molar-refractivity contribution in [2.75, 3.05) is 5.32 Å². The van der Waals surface area contributed by atoms with Crippen LogP contribution in [-0.2, 0) is 14.4 Å². The maximum Gasteiger partial charge on any atom is 0.308 e. The molecule has 1 aromatic rings. The smallest absolute Gasteiger partial charge is 0.308 e. The van der Waals surface area contributed by atoms with Crippen LogP contribution in [0.15, 0.2) is 28.4 Å². The summed E-state index contributed by atoms with van der Waals surface area (Å²) >= 11 is 1.15. The summed E-state index contributed by atoms with van der Waals surface area (Å²) < 4.78 is 5.09. The molecule has 2 rings (SSSR count). The number of ether oxygens (including phenoxy) is 1. The Balaban J connectivity index is 2.04. The number of amides is 2. The number of hydrogen-bond acceptors (Lipinski definition) is 7. The number of rotatable bonds is 5. The second-order valence-corrected chi connectivity index (χ2v) is 7.09. The van der Waals surface area contributed by atoms with E-state index >= 15 is 0 Å². The minimum Gasteiger partial charge on any atom is -0.424 e. The molecular formula is C17H20N4O4S. The molecule has 0 radical (unpaired) electrons. The van der Waals surface area contributed by atoms with E-state index in [1.807, 2.05) is 6.92 Å². The zero-order valence-electron chi connectivity index (χ0n) is 15.0. The molecule has 2 amide bonds. The highest BCUT2D eigenvalue weighted by molar-refractivity contribution is 8.15. The Kier molecular flexibility index (Phi) is 6.51. The van der Waals surface area contributed by atoms with Crippen LogP contribution >= 0.6 is 11.8 Å². The molecule has 1 fully saturated rings. The van der Waals surface area contributed by atoms with Crippen molar-refractivity contribution < 1.29 is 19.1 Å². The summed E-state index contributed by atoms with van der Waals surface area (Å²) in [6.07, 6.45) is -0.0439. The van der Waals surface area contributed by atoms with Crippen molar-refractivity contribution >= 4 is 46.1 Å². The molecule has 0 saturated carbocycles. The summed E-state index contributed by atoms with van der Waals surface area (Å²) in [5.74, 6) is -0.886. The summed E-state index contributed by atoms with van der Waals surface area (Å²) in [6.45, 7) is 6.72. The predicted octanol–water partition coefficient (Wildman–Crippen LogP) is 2.23. The van der Waals surface area contributed by atoms with E-state index in [0.29, 0.717) is 10.9 Å². The third kappa shape index (κ3) is 5.69. The van der Waals surface area contributed by atoms with E-state index in [4.69, 9.17) is 4.74 Å². The van der Waals surface area contributed by atoms with E-state index in [9.17, 15) is 14.4 Å². The molecule has 1 atom stereocenters. The van der Waals surface area contributed by atoms with Gasteiger partial charge in [0.25, 0.3) is 0 Å². The maximum absolute atomic E-state index is 12.3. The lowest BCUT2D eigenvalue weighted by Crippen LogP contribution is -2.28. The lowest BCUT2D eigenvalue weighted by molar-refractivity contribution is -0.132. The van der Waals surface area contributed by atoms with Crippen LogP contribution in [0.3, 0.4) is 0 Å². The topological polar surface area (TPSA) is 109 Å². The number of esters is 1. The van der Waals surface area contributed by atoms with Crippen LogP contribution in [0, 0.1) is 6.92 Å². The highest BCUT2D eigenvalue weighted by Gasteiger charge is 2.32. The third-order valence-corrected chi connectivity index (χ3v) is 4.22. The molecule has 1 saturated heterocycles. The molecule has 0 unspecified atom stereocenters. The van der Waals surface area contributed by atoms with Crippen molar-refractivity contribution in [3.05, 3.63) is 23.8 Å². The zero-order valence-corrected chi connectivity index (χ0v) is 15.8. The molecule has 0 aliphatic carbocycles. The molecule has 9 heteroatoms. The van der Waals surface area contributed by atoms with Crippen molar-refractivity contribution in [2.24, 2.45) is 10.2 Å². The second-order valence-electron chi connectivity index (χ2n) is 5.89. The van der Waals surface area contributed by atoms with Gasteiger partial charge in [-0.1, -0.05) is 17.8 Å². The van der Waals surface area contributed by atoms with Crippen LogP contribution in [0.1, 0.15) is 32.8 Å². The maximum atomic E-state index is 12.3. The number of anilines is 1. The molecule has 1 aliphatic rings. The van der Waals surface area contributed by atoms with Gasteiger partial charge >= 0.3 is 5.97 Å². The highest BCUT2D eigenvalue weighted by Crippen LogP contribution is 2.28. The van der Waals surface area contributed by atoms with E-state index in [-0.39, 0.29) is 24.0 Å². The van der Waals surface area contributed by atoms with Gasteiger partial charge in [0.2, 0.25) is 11.8 Å². The Morgan fingerprint density at radius 3 is 2.69 bits per heavy atom. The van der Waals surface area contributed by atoms with Gasteiger partial charge in [-0.25, -0.2) is 0 Å². The van der Waals surface area contributed by atoms with Crippen LogP contribution in [0.2, 0.25) is 0 Å². The normalized spacial score (nSPS) is 17.6. The van der Waals surface area contributed by atoms with E-state index in [0.717, 1.165) is 23.0 Å². The molecule has 138 valence electrons. The summed E-state index contributed by atoms with van der Waals surface area (Å²) in [5, 5.41) is 12.9. The van der Waals surface area contributed by atoms with Crippen LogP contribution in [0.4, 0.5) is 5.69 Å². The van der Waals surface area contributed by atoms with Gasteiger partial charge in [-0.05, 0) is 38.5 Å². The van der Waals surface area contributed by atoms with Crippen molar-refractivity contribution in [2.45, 2.75) is 39.4 Å². The van der Waals surface area contributed by atoms with Gasteiger partial charge in [0.1, 0.15) is 5.25 Å². The molecular weight excluding hydrogens is 356 g/mol. The molecule has 1 aliphatic heterocycles. The Morgan fingerprint density at radius 1 is 1.31 bits per heavy atom. The number of hydrogen-bond donors (Lipinski definition) is 2. The molecule has 8 nitrogen and oxygen atoms in total. The van der Waals surface area contributed by atoms with Gasteiger partial charge in [0.15, 0.2) is 10.9 Å². The van der Waals surface area contributed by atoms with Crippen LogP contribution in [0.5, 0.6) is 5.75 Å². The van der Waals surface area contributed by atoms with Crippen molar-refractivity contribution in [1.82, 2.24) is 5.32 Å². The van der Waals surface area contributed by atoms with Gasteiger partial charge in [-0.2, -0.15) is 5.10 Å². The average molecular weight is 376 g/mol.